The van der Waals surface area contributed by atoms with E-state index >= 15 is 0 Å². The first kappa shape index (κ1) is 18.6. The molecule has 0 aromatic heterocycles. The first-order valence-corrected chi connectivity index (χ1v) is 8.02. The van der Waals surface area contributed by atoms with Gasteiger partial charge in [0.2, 0.25) is 5.91 Å². The van der Waals surface area contributed by atoms with Crippen LogP contribution in [0.25, 0.3) is 0 Å². The molecule has 0 bridgehead atoms. The number of hydrogen-bond donors (Lipinski definition) is 3. The van der Waals surface area contributed by atoms with Crippen LogP contribution in [0.2, 0.25) is 5.02 Å². The molecule has 0 aliphatic carbocycles. The van der Waals surface area contributed by atoms with E-state index < -0.39 is 0 Å². The highest BCUT2D eigenvalue weighted by molar-refractivity contribution is 6.34. The number of carbonyl (C=O) groups excluding carboxylic acids is 2. The lowest BCUT2D eigenvalue weighted by atomic mass is 10.2. The molecule has 2 rings (SSSR count). The minimum atomic E-state index is -0.263. The second-order valence-corrected chi connectivity index (χ2v) is 5.79. The van der Waals surface area contributed by atoms with E-state index in [2.05, 4.69) is 16.0 Å². The van der Waals surface area contributed by atoms with Gasteiger partial charge in [-0.1, -0.05) is 17.7 Å². The van der Waals surface area contributed by atoms with Gasteiger partial charge in [0.05, 0.1) is 29.9 Å². The summed E-state index contributed by atoms with van der Waals surface area (Å²) in [5.74, 6) is 0.105. The molecule has 0 aliphatic rings. The van der Waals surface area contributed by atoms with Gasteiger partial charge in [-0.3, -0.25) is 9.59 Å². The largest absolute Gasteiger partial charge is 0.495 e. The molecule has 0 saturated carbocycles. The number of carbonyl (C=O) groups is 2. The van der Waals surface area contributed by atoms with Crippen LogP contribution in [0.4, 0.5) is 11.4 Å². The van der Waals surface area contributed by atoms with Gasteiger partial charge in [-0.15, -0.1) is 0 Å². The molecule has 0 saturated heterocycles. The van der Waals surface area contributed by atoms with Crippen molar-refractivity contribution in [2.24, 2.45) is 0 Å². The highest BCUT2D eigenvalue weighted by Gasteiger charge is 2.11. The molecule has 0 atom stereocenters. The van der Waals surface area contributed by atoms with Crippen molar-refractivity contribution < 1.29 is 14.3 Å². The van der Waals surface area contributed by atoms with Gasteiger partial charge < -0.3 is 20.7 Å². The molecule has 0 spiro atoms. The van der Waals surface area contributed by atoms with E-state index in [1.165, 1.54) is 7.05 Å². The van der Waals surface area contributed by atoms with Crippen LogP contribution in [0.1, 0.15) is 15.9 Å². The molecule has 0 fully saturated rings. The number of hydrogen-bond acceptors (Lipinski definition) is 4. The normalized spacial score (nSPS) is 10.1. The third kappa shape index (κ3) is 4.87. The molecule has 3 N–H and O–H groups in total. The van der Waals surface area contributed by atoms with E-state index in [9.17, 15) is 9.59 Å². The van der Waals surface area contributed by atoms with Crippen LogP contribution in [0.3, 0.4) is 0 Å². The number of benzene rings is 2. The molecule has 25 heavy (non-hydrogen) atoms. The minimum absolute atomic E-state index is 0.0484. The zero-order valence-corrected chi connectivity index (χ0v) is 15.0. The van der Waals surface area contributed by atoms with Gasteiger partial charge in [-0.2, -0.15) is 0 Å². The van der Waals surface area contributed by atoms with Crippen molar-refractivity contribution in [3.05, 3.63) is 52.5 Å². The Morgan fingerprint density at radius 1 is 1.16 bits per heavy atom. The average Bonchev–Trinajstić information content (AvgIpc) is 2.59. The van der Waals surface area contributed by atoms with Crippen molar-refractivity contribution >= 4 is 34.8 Å². The summed E-state index contributed by atoms with van der Waals surface area (Å²) < 4.78 is 5.24. The van der Waals surface area contributed by atoms with Gasteiger partial charge >= 0.3 is 0 Å². The van der Waals surface area contributed by atoms with Crippen molar-refractivity contribution in [1.29, 1.82) is 0 Å². The first-order chi connectivity index (χ1) is 11.9. The second kappa shape index (κ2) is 8.39. The Balaban J connectivity index is 2.00. The maximum atomic E-state index is 12.1. The Hall–Kier alpha value is -2.73. The van der Waals surface area contributed by atoms with E-state index in [4.69, 9.17) is 16.3 Å². The molecule has 6 nitrogen and oxygen atoms in total. The summed E-state index contributed by atoms with van der Waals surface area (Å²) in [4.78, 5) is 23.8. The summed E-state index contributed by atoms with van der Waals surface area (Å²) >= 11 is 6.09. The topological polar surface area (TPSA) is 79.5 Å². The number of rotatable bonds is 6. The fourth-order valence-electron chi connectivity index (χ4n) is 2.24. The Labute approximate surface area is 151 Å². The van der Waals surface area contributed by atoms with E-state index in [1.54, 1.807) is 31.4 Å². The summed E-state index contributed by atoms with van der Waals surface area (Å²) in [5.41, 5.74) is 2.65. The predicted molar refractivity (Wildman–Crippen MR) is 99.7 cm³/mol. The molecular weight excluding hydrogens is 342 g/mol. The van der Waals surface area contributed by atoms with Crippen LogP contribution in [-0.4, -0.2) is 32.5 Å². The van der Waals surface area contributed by atoms with E-state index in [0.717, 1.165) is 5.56 Å². The maximum absolute atomic E-state index is 12.1. The smallest absolute Gasteiger partial charge is 0.252 e. The fraction of sp³-hybridized carbons (Fsp3) is 0.222. The number of halogens is 1. The van der Waals surface area contributed by atoms with Crippen LogP contribution in [-0.2, 0) is 4.79 Å². The molecular formula is C18H20ClN3O3. The van der Waals surface area contributed by atoms with Crippen molar-refractivity contribution in [2.75, 3.05) is 31.3 Å². The number of anilines is 2. The Kier molecular flexibility index (Phi) is 6.25. The van der Waals surface area contributed by atoms with E-state index in [0.29, 0.717) is 27.7 Å². The lowest BCUT2D eigenvalue weighted by Gasteiger charge is -2.12. The molecule has 2 aromatic carbocycles. The molecule has 2 amide bonds. The highest BCUT2D eigenvalue weighted by atomic mass is 35.5. The zero-order chi connectivity index (χ0) is 18.4. The van der Waals surface area contributed by atoms with Crippen LogP contribution in [0.15, 0.2) is 36.4 Å². The van der Waals surface area contributed by atoms with Crippen LogP contribution >= 0.6 is 11.6 Å². The molecule has 7 heteroatoms. The highest BCUT2D eigenvalue weighted by Crippen LogP contribution is 2.25. The van der Waals surface area contributed by atoms with Crippen molar-refractivity contribution in [1.82, 2.24) is 5.32 Å². The van der Waals surface area contributed by atoms with Gasteiger partial charge in [-0.05, 0) is 42.8 Å². The number of ether oxygens (including phenoxy) is 1. The molecule has 2 aromatic rings. The lowest BCUT2D eigenvalue weighted by Crippen LogP contribution is -2.22. The van der Waals surface area contributed by atoms with Crippen molar-refractivity contribution in [3.63, 3.8) is 0 Å². The Morgan fingerprint density at radius 3 is 2.56 bits per heavy atom. The third-order valence-electron chi connectivity index (χ3n) is 3.52. The number of aryl methyl sites for hydroxylation is 1. The van der Waals surface area contributed by atoms with Crippen LogP contribution in [0, 0.1) is 6.92 Å². The molecule has 0 unspecified atom stereocenters. The number of methoxy groups -OCH3 is 1. The first-order valence-electron chi connectivity index (χ1n) is 7.64. The van der Waals surface area contributed by atoms with Gasteiger partial charge in [0, 0.05) is 12.7 Å². The van der Waals surface area contributed by atoms with Crippen LogP contribution in [0.5, 0.6) is 5.75 Å². The Morgan fingerprint density at radius 2 is 1.92 bits per heavy atom. The maximum Gasteiger partial charge on any atom is 0.252 e. The monoisotopic (exact) mass is 361 g/mol. The molecule has 0 heterocycles. The van der Waals surface area contributed by atoms with E-state index in [1.807, 2.05) is 19.1 Å². The van der Waals surface area contributed by atoms with Gasteiger partial charge in [0.15, 0.2) is 0 Å². The lowest BCUT2D eigenvalue weighted by molar-refractivity contribution is -0.114. The quantitative estimate of drug-likeness (QED) is 0.738. The average molecular weight is 362 g/mol. The number of amides is 2. The van der Waals surface area contributed by atoms with Crippen molar-refractivity contribution in [2.45, 2.75) is 6.92 Å². The standard InChI is InChI=1S/C18H20ClN3O3/c1-11-4-7-16(25-3)15(8-11)22-17(23)10-21-12-5-6-13(14(19)9-12)18(24)20-2/h4-9,21H,10H2,1-3H3,(H,20,24)(H,22,23). The molecule has 0 radical (unpaired) electrons. The van der Waals surface area contributed by atoms with Gasteiger partial charge in [0.1, 0.15) is 5.75 Å². The van der Waals surface area contributed by atoms with Gasteiger partial charge in [0.25, 0.3) is 5.91 Å². The van der Waals surface area contributed by atoms with Gasteiger partial charge in [-0.25, -0.2) is 0 Å². The summed E-state index contributed by atoms with van der Waals surface area (Å²) in [5, 5.41) is 8.60. The Bertz CT molecular complexity index is 793. The molecule has 132 valence electrons. The second-order valence-electron chi connectivity index (χ2n) is 5.38. The summed E-state index contributed by atoms with van der Waals surface area (Å²) in [7, 11) is 3.09. The summed E-state index contributed by atoms with van der Waals surface area (Å²) in [6.07, 6.45) is 0. The number of nitrogens with one attached hydrogen (secondary N) is 3. The van der Waals surface area contributed by atoms with E-state index in [-0.39, 0.29) is 18.4 Å². The minimum Gasteiger partial charge on any atom is -0.495 e. The zero-order valence-electron chi connectivity index (χ0n) is 14.3. The fourth-order valence-corrected chi connectivity index (χ4v) is 2.51. The predicted octanol–water partition coefficient (Wildman–Crippen LogP) is 3.07. The summed E-state index contributed by atoms with van der Waals surface area (Å²) in [6.45, 7) is 1.98. The summed E-state index contributed by atoms with van der Waals surface area (Å²) in [6, 6.07) is 10.4. The third-order valence-corrected chi connectivity index (χ3v) is 3.84. The SMILES string of the molecule is CNC(=O)c1ccc(NCC(=O)Nc2cc(C)ccc2OC)cc1Cl. The van der Waals surface area contributed by atoms with Crippen LogP contribution < -0.4 is 20.7 Å². The molecule has 0 aliphatic heterocycles. The van der Waals surface area contributed by atoms with Crippen molar-refractivity contribution in [3.8, 4) is 5.75 Å².